The number of ether oxygens (including phenoxy) is 1. The zero-order chi connectivity index (χ0) is 29.1. The van der Waals surface area contributed by atoms with E-state index in [0.717, 1.165) is 12.1 Å². The van der Waals surface area contributed by atoms with E-state index < -0.39 is 41.7 Å². The van der Waals surface area contributed by atoms with Gasteiger partial charge in [0.05, 0.1) is 24.3 Å². The molecule has 4 N–H and O–H groups in total. The molecule has 2 amide bonds. The number of alkyl halides is 3. The van der Waals surface area contributed by atoms with E-state index in [0.29, 0.717) is 41.9 Å². The SMILES string of the molecule is CSCC[C@@H]1NC(=O)CCCCOc2cc(F)cc(c2)C[C@@H]([C@H](O)CNCc2cccc(C(F)(F)F)c2)NC1=O. The van der Waals surface area contributed by atoms with Crippen molar-refractivity contribution in [3.8, 4) is 5.75 Å². The Morgan fingerprint density at radius 1 is 1.15 bits per heavy atom. The average Bonchev–Trinajstić information content (AvgIpc) is 2.89. The molecule has 0 saturated carbocycles. The molecule has 2 aromatic rings. The van der Waals surface area contributed by atoms with Crippen LogP contribution >= 0.6 is 11.8 Å². The van der Waals surface area contributed by atoms with Crippen molar-refractivity contribution >= 4 is 23.6 Å². The standard InChI is InChI=1S/C28H35F4N3O4S/c1-40-10-8-23-27(38)35-24(25(36)17-33-16-18-5-4-6-20(11-18)28(30,31)32)14-19-12-21(29)15-22(13-19)39-9-3-2-7-26(37)34-23/h4-6,11-13,15,23-25,33,36H,2-3,7-10,14,16-17H2,1H3,(H,34,37)(H,35,38)/t23-,24-,25+/m0/s1. The fraction of sp³-hybridized carbons (Fsp3) is 0.500. The van der Waals surface area contributed by atoms with Crippen LogP contribution in [0.2, 0.25) is 0 Å². The van der Waals surface area contributed by atoms with Gasteiger partial charge in [-0.2, -0.15) is 24.9 Å². The lowest BCUT2D eigenvalue weighted by molar-refractivity contribution is -0.137. The summed E-state index contributed by atoms with van der Waals surface area (Å²) in [6.07, 6.45) is -2.04. The van der Waals surface area contributed by atoms with Gasteiger partial charge in [0.2, 0.25) is 11.8 Å². The first-order chi connectivity index (χ1) is 19.0. The highest BCUT2D eigenvalue weighted by Crippen LogP contribution is 2.29. The molecule has 0 spiro atoms. The maximum absolute atomic E-state index is 14.4. The topological polar surface area (TPSA) is 99.7 Å². The van der Waals surface area contributed by atoms with E-state index in [-0.39, 0.29) is 38.4 Å². The van der Waals surface area contributed by atoms with E-state index >= 15 is 0 Å². The van der Waals surface area contributed by atoms with Crippen molar-refractivity contribution in [2.75, 3.05) is 25.2 Å². The number of nitrogens with one attached hydrogen (secondary N) is 3. The number of carbonyl (C=O) groups excluding carboxylic acids is 2. The largest absolute Gasteiger partial charge is 0.493 e. The zero-order valence-electron chi connectivity index (χ0n) is 22.2. The highest BCUT2D eigenvalue weighted by atomic mass is 32.2. The molecule has 12 heteroatoms. The molecular weight excluding hydrogens is 550 g/mol. The number of aliphatic hydroxyl groups is 1. The highest BCUT2D eigenvalue weighted by Gasteiger charge is 2.30. The van der Waals surface area contributed by atoms with Gasteiger partial charge in [-0.1, -0.05) is 18.2 Å². The number of hydrogen-bond acceptors (Lipinski definition) is 6. The zero-order valence-corrected chi connectivity index (χ0v) is 23.0. The van der Waals surface area contributed by atoms with Crippen molar-refractivity contribution in [1.29, 1.82) is 0 Å². The number of benzene rings is 2. The van der Waals surface area contributed by atoms with Crippen LogP contribution in [0.15, 0.2) is 42.5 Å². The minimum atomic E-state index is -4.47. The number of aliphatic hydroxyl groups excluding tert-OH is 1. The van der Waals surface area contributed by atoms with Crippen molar-refractivity contribution in [1.82, 2.24) is 16.0 Å². The van der Waals surface area contributed by atoms with Crippen molar-refractivity contribution in [2.45, 2.75) is 63.0 Å². The molecule has 7 nitrogen and oxygen atoms in total. The Morgan fingerprint density at radius 3 is 2.70 bits per heavy atom. The summed E-state index contributed by atoms with van der Waals surface area (Å²) < 4.78 is 59.2. The number of fused-ring (bicyclic) bond motifs is 2. The third-order valence-electron chi connectivity index (χ3n) is 6.44. The summed E-state index contributed by atoms with van der Waals surface area (Å²) in [7, 11) is 0. The van der Waals surface area contributed by atoms with Crippen LogP contribution in [0.3, 0.4) is 0 Å². The summed E-state index contributed by atoms with van der Waals surface area (Å²) in [5, 5.41) is 19.6. The summed E-state index contributed by atoms with van der Waals surface area (Å²) in [4.78, 5) is 25.8. The van der Waals surface area contributed by atoms with Crippen LogP contribution in [-0.4, -0.2) is 60.3 Å². The Kier molecular flexibility index (Phi) is 12.1. The predicted molar refractivity (Wildman–Crippen MR) is 145 cm³/mol. The van der Waals surface area contributed by atoms with Crippen LogP contribution in [0.25, 0.3) is 0 Å². The monoisotopic (exact) mass is 585 g/mol. The fourth-order valence-electron chi connectivity index (χ4n) is 4.36. The second-order valence-electron chi connectivity index (χ2n) is 9.72. The molecule has 1 aliphatic heterocycles. The molecule has 1 aliphatic rings. The minimum Gasteiger partial charge on any atom is -0.493 e. The maximum atomic E-state index is 14.4. The molecule has 40 heavy (non-hydrogen) atoms. The molecule has 2 aromatic carbocycles. The van der Waals surface area contributed by atoms with Gasteiger partial charge in [-0.05, 0) is 67.0 Å². The molecule has 2 bridgehead atoms. The van der Waals surface area contributed by atoms with Gasteiger partial charge >= 0.3 is 6.18 Å². The molecule has 0 aromatic heterocycles. The van der Waals surface area contributed by atoms with Crippen molar-refractivity contribution in [3.63, 3.8) is 0 Å². The van der Waals surface area contributed by atoms with Crippen molar-refractivity contribution in [3.05, 3.63) is 65.0 Å². The minimum absolute atomic E-state index is 0.0476. The van der Waals surface area contributed by atoms with E-state index in [1.807, 2.05) is 6.26 Å². The molecule has 0 fully saturated rings. The highest BCUT2D eigenvalue weighted by molar-refractivity contribution is 7.98. The van der Waals surface area contributed by atoms with E-state index in [1.165, 1.54) is 36.0 Å². The molecule has 3 rings (SSSR count). The molecule has 0 unspecified atom stereocenters. The molecule has 0 saturated heterocycles. The fourth-order valence-corrected chi connectivity index (χ4v) is 4.83. The Hall–Kier alpha value is -2.83. The Morgan fingerprint density at radius 2 is 1.95 bits per heavy atom. The summed E-state index contributed by atoms with van der Waals surface area (Å²) >= 11 is 1.52. The second-order valence-corrected chi connectivity index (χ2v) is 10.7. The number of carbonyl (C=O) groups is 2. The number of amides is 2. The van der Waals surface area contributed by atoms with Gasteiger partial charge in [-0.25, -0.2) is 4.39 Å². The van der Waals surface area contributed by atoms with Gasteiger partial charge in [-0.15, -0.1) is 0 Å². The first kappa shape index (κ1) is 31.7. The van der Waals surface area contributed by atoms with Gasteiger partial charge in [0.15, 0.2) is 0 Å². The summed E-state index contributed by atoms with van der Waals surface area (Å²) in [6.45, 7) is 0.266. The number of rotatable bonds is 8. The summed E-state index contributed by atoms with van der Waals surface area (Å²) in [5.41, 5.74) is 0.0839. The van der Waals surface area contributed by atoms with Crippen LogP contribution in [0.4, 0.5) is 17.6 Å². The third-order valence-corrected chi connectivity index (χ3v) is 7.09. The third kappa shape index (κ3) is 10.3. The number of halogens is 4. The van der Waals surface area contributed by atoms with Crippen LogP contribution in [-0.2, 0) is 28.7 Å². The lowest BCUT2D eigenvalue weighted by Gasteiger charge is -2.27. The van der Waals surface area contributed by atoms with Gasteiger partial charge in [0, 0.05) is 25.6 Å². The maximum Gasteiger partial charge on any atom is 0.416 e. The van der Waals surface area contributed by atoms with Gasteiger partial charge in [-0.3, -0.25) is 9.59 Å². The normalized spacial score (nSPS) is 19.9. The van der Waals surface area contributed by atoms with Crippen LogP contribution < -0.4 is 20.7 Å². The predicted octanol–water partition coefficient (Wildman–Crippen LogP) is 3.82. The number of hydrogen-bond donors (Lipinski definition) is 4. The lowest BCUT2D eigenvalue weighted by atomic mass is 9.99. The Labute approximate surface area is 235 Å². The Balaban J connectivity index is 1.78. The molecule has 0 radical (unpaired) electrons. The summed E-state index contributed by atoms with van der Waals surface area (Å²) in [6, 6.07) is 7.31. The average molecular weight is 586 g/mol. The summed E-state index contributed by atoms with van der Waals surface area (Å²) in [5.74, 6) is -0.372. The van der Waals surface area contributed by atoms with Crippen molar-refractivity contribution < 1.29 is 37.0 Å². The van der Waals surface area contributed by atoms with E-state index in [9.17, 15) is 32.3 Å². The van der Waals surface area contributed by atoms with Crippen LogP contribution in [0.5, 0.6) is 5.75 Å². The molecule has 0 aliphatic carbocycles. The smallest absolute Gasteiger partial charge is 0.416 e. The van der Waals surface area contributed by atoms with Gasteiger partial charge < -0.3 is 25.8 Å². The van der Waals surface area contributed by atoms with E-state index in [1.54, 1.807) is 6.07 Å². The number of thioether (sulfide) groups is 1. The first-order valence-corrected chi connectivity index (χ1v) is 14.5. The van der Waals surface area contributed by atoms with E-state index in [4.69, 9.17) is 4.74 Å². The molecule has 3 atom stereocenters. The lowest BCUT2D eigenvalue weighted by Crippen LogP contribution is -2.55. The quantitative estimate of drug-likeness (QED) is 0.352. The van der Waals surface area contributed by atoms with Crippen LogP contribution in [0.1, 0.15) is 42.4 Å². The van der Waals surface area contributed by atoms with E-state index in [2.05, 4.69) is 16.0 Å². The van der Waals surface area contributed by atoms with Crippen LogP contribution in [0, 0.1) is 5.82 Å². The molecule has 220 valence electrons. The van der Waals surface area contributed by atoms with Gasteiger partial charge in [0.1, 0.15) is 17.6 Å². The Bertz CT molecular complexity index is 1130. The first-order valence-electron chi connectivity index (χ1n) is 13.1. The van der Waals surface area contributed by atoms with Crippen molar-refractivity contribution in [2.24, 2.45) is 0 Å². The molecular formula is C28H35F4N3O4S. The van der Waals surface area contributed by atoms with Gasteiger partial charge in [0.25, 0.3) is 0 Å². The molecule has 1 heterocycles. The second kappa shape index (κ2) is 15.2.